The average Bonchev–Trinajstić information content (AvgIpc) is 2.91. The van der Waals surface area contributed by atoms with Gasteiger partial charge in [-0.2, -0.15) is 8.42 Å². The van der Waals surface area contributed by atoms with Crippen molar-refractivity contribution in [2.75, 3.05) is 6.61 Å². The minimum Gasteiger partial charge on any atom is -0.493 e. The van der Waals surface area contributed by atoms with Gasteiger partial charge in [-0.3, -0.25) is 4.79 Å². The maximum Gasteiger partial charge on any atom is 0.281 e. The van der Waals surface area contributed by atoms with Crippen molar-refractivity contribution < 1.29 is 31.5 Å². The third kappa shape index (κ3) is 7.63. The number of hydrogen-bond acceptors (Lipinski definition) is 7. The first kappa shape index (κ1) is 29.6. The molecule has 0 bridgehead atoms. The Labute approximate surface area is 237 Å². The molecule has 0 aliphatic rings. The number of aryl methyl sites for hydroxylation is 1. The number of nitrogens with zero attached hydrogens (tertiary/aromatic N) is 2. The van der Waals surface area contributed by atoms with Crippen LogP contribution in [-0.4, -0.2) is 30.9 Å². The molecule has 2 heterocycles. The minimum atomic E-state index is -4.32. The lowest BCUT2D eigenvalue weighted by atomic mass is 10.1. The summed E-state index contributed by atoms with van der Waals surface area (Å²) in [7, 11) is -4.32. The second kappa shape index (κ2) is 12.4. The summed E-state index contributed by atoms with van der Waals surface area (Å²) in [5.41, 5.74) is 1.45. The third-order valence-corrected chi connectivity index (χ3v) is 7.08. The molecule has 0 saturated heterocycles. The standard InChI is InChI=1S/C30H29F2N3O5S/c1-18(2)17-39-25-15-22(14-24(32)16-25)27-13-12-26(29(36)35-41(37,38)28-7-5-6-19(3)33-28)30(34-27)40-20(4)21-8-10-23(31)11-9-21/h5-16,18,20H,17H2,1-4H3,(H,35,36). The number of nitrogens with one attached hydrogen (secondary N) is 1. The molecule has 41 heavy (non-hydrogen) atoms. The SMILES string of the molecule is Cc1cccc(S(=O)(=O)NC(=O)c2ccc(-c3cc(F)cc(OCC(C)C)c3)nc2OC(C)c2ccc(F)cc2)n1. The second-order valence-corrected chi connectivity index (χ2v) is 11.4. The van der Waals surface area contributed by atoms with E-state index in [1.54, 1.807) is 26.0 Å². The van der Waals surface area contributed by atoms with Crippen LogP contribution in [0.5, 0.6) is 11.6 Å². The number of carbonyl (C=O) groups is 1. The van der Waals surface area contributed by atoms with Crippen LogP contribution in [0.15, 0.2) is 77.8 Å². The predicted octanol–water partition coefficient (Wildman–Crippen LogP) is 6.02. The molecule has 8 nitrogen and oxygen atoms in total. The maximum absolute atomic E-state index is 14.5. The van der Waals surface area contributed by atoms with E-state index >= 15 is 0 Å². The zero-order valence-corrected chi connectivity index (χ0v) is 23.7. The highest BCUT2D eigenvalue weighted by atomic mass is 32.2. The Morgan fingerprint density at radius 2 is 1.66 bits per heavy atom. The van der Waals surface area contributed by atoms with Gasteiger partial charge >= 0.3 is 0 Å². The molecule has 1 atom stereocenters. The monoisotopic (exact) mass is 581 g/mol. The summed E-state index contributed by atoms with van der Waals surface area (Å²) >= 11 is 0. The molecule has 4 rings (SSSR count). The molecule has 2 aromatic heterocycles. The predicted molar refractivity (Wildman–Crippen MR) is 149 cm³/mol. The zero-order valence-electron chi connectivity index (χ0n) is 22.9. The van der Waals surface area contributed by atoms with Crippen LogP contribution in [-0.2, 0) is 10.0 Å². The number of benzene rings is 2. The molecule has 2 aromatic carbocycles. The van der Waals surface area contributed by atoms with Gasteiger partial charge in [0.2, 0.25) is 5.88 Å². The summed E-state index contributed by atoms with van der Waals surface area (Å²) in [6.45, 7) is 7.59. The molecule has 0 fully saturated rings. The minimum absolute atomic E-state index is 0.188. The lowest BCUT2D eigenvalue weighted by Crippen LogP contribution is -2.31. The number of halogens is 2. The highest BCUT2D eigenvalue weighted by Crippen LogP contribution is 2.30. The first-order chi connectivity index (χ1) is 19.4. The Kier molecular flexibility index (Phi) is 8.97. The van der Waals surface area contributed by atoms with Crippen molar-refractivity contribution in [3.05, 3.63) is 101 Å². The van der Waals surface area contributed by atoms with Crippen molar-refractivity contribution in [1.82, 2.24) is 14.7 Å². The number of amides is 1. The Bertz CT molecular complexity index is 1660. The van der Waals surface area contributed by atoms with E-state index in [1.807, 2.05) is 18.6 Å². The van der Waals surface area contributed by atoms with E-state index in [0.29, 0.717) is 29.2 Å². The van der Waals surface area contributed by atoms with Crippen LogP contribution >= 0.6 is 0 Å². The van der Waals surface area contributed by atoms with Gasteiger partial charge in [0.15, 0.2) is 5.03 Å². The number of ether oxygens (including phenoxy) is 2. The van der Waals surface area contributed by atoms with Crippen molar-refractivity contribution >= 4 is 15.9 Å². The fourth-order valence-corrected chi connectivity index (χ4v) is 4.77. The molecule has 11 heteroatoms. The van der Waals surface area contributed by atoms with Crippen molar-refractivity contribution in [1.29, 1.82) is 0 Å². The lowest BCUT2D eigenvalue weighted by Gasteiger charge is -2.18. The van der Waals surface area contributed by atoms with Crippen LogP contribution in [0.3, 0.4) is 0 Å². The second-order valence-electron chi connectivity index (χ2n) is 9.79. The molecular formula is C30H29F2N3O5S. The molecule has 1 amide bonds. The van der Waals surface area contributed by atoms with Gasteiger partial charge in [0, 0.05) is 17.3 Å². The van der Waals surface area contributed by atoms with Gasteiger partial charge in [-0.15, -0.1) is 0 Å². The van der Waals surface area contributed by atoms with Gasteiger partial charge in [-0.25, -0.2) is 23.5 Å². The first-order valence-electron chi connectivity index (χ1n) is 12.8. The zero-order chi connectivity index (χ0) is 29.7. The number of pyridine rings is 2. The van der Waals surface area contributed by atoms with E-state index < -0.39 is 33.7 Å². The molecule has 0 aliphatic heterocycles. The third-order valence-electron chi connectivity index (χ3n) is 5.85. The van der Waals surface area contributed by atoms with Crippen LogP contribution in [0.2, 0.25) is 0 Å². The molecular weight excluding hydrogens is 552 g/mol. The van der Waals surface area contributed by atoms with E-state index in [1.165, 1.54) is 60.7 Å². The average molecular weight is 582 g/mol. The summed E-state index contributed by atoms with van der Waals surface area (Å²) in [5, 5.41) is -0.328. The maximum atomic E-state index is 14.5. The highest BCUT2D eigenvalue weighted by molar-refractivity contribution is 7.90. The van der Waals surface area contributed by atoms with Crippen molar-refractivity contribution in [2.45, 2.75) is 38.8 Å². The molecule has 4 aromatic rings. The first-order valence-corrected chi connectivity index (χ1v) is 14.3. The molecule has 0 saturated carbocycles. The van der Waals surface area contributed by atoms with Crippen molar-refractivity contribution in [2.24, 2.45) is 5.92 Å². The molecule has 0 spiro atoms. The van der Waals surface area contributed by atoms with Gasteiger partial charge in [0.05, 0.1) is 12.3 Å². The van der Waals surface area contributed by atoms with E-state index in [2.05, 4.69) is 9.97 Å². The Morgan fingerprint density at radius 1 is 0.927 bits per heavy atom. The van der Waals surface area contributed by atoms with Gasteiger partial charge < -0.3 is 9.47 Å². The summed E-state index contributed by atoms with van der Waals surface area (Å²) in [5.74, 6) is -1.68. The van der Waals surface area contributed by atoms with Crippen molar-refractivity contribution in [3.63, 3.8) is 0 Å². The van der Waals surface area contributed by atoms with Crippen LogP contribution < -0.4 is 14.2 Å². The summed E-state index contributed by atoms with van der Waals surface area (Å²) in [6, 6.07) is 16.9. The molecule has 0 radical (unpaired) electrons. The van der Waals surface area contributed by atoms with Gasteiger partial charge in [0.1, 0.15) is 29.1 Å². The van der Waals surface area contributed by atoms with Gasteiger partial charge in [-0.05, 0) is 73.9 Å². The van der Waals surface area contributed by atoms with Crippen LogP contribution in [0.25, 0.3) is 11.3 Å². The lowest BCUT2D eigenvalue weighted by molar-refractivity contribution is 0.0973. The fourth-order valence-electron chi connectivity index (χ4n) is 3.79. The molecule has 1 unspecified atom stereocenters. The van der Waals surface area contributed by atoms with E-state index in [9.17, 15) is 22.0 Å². The Morgan fingerprint density at radius 3 is 2.34 bits per heavy atom. The van der Waals surface area contributed by atoms with Gasteiger partial charge in [-0.1, -0.05) is 32.0 Å². The van der Waals surface area contributed by atoms with E-state index in [4.69, 9.17) is 9.47 Å². The number of hydrogen-bond donors (Lipinski definition) is 1. The fraction of sp³-hybridized carbons (Fsp3) is 0.233. The van der Waals surface area contributed by atoms with Gasteiger partial charge in [0.25, 0.3) is 15.9 Å². The van der Waals surface area contributed by atoms with Crippen molar-refractivity contribution in [3.8, 4) is 22.9 Å². The normalized spacial score (nSPS) is 12.2. The van der Waals surface area contributed by atoms with E-state index in [0.717, 1.165) is 0 Å². The van der Waals surface area contributed by atoms with Crippen LogP contribution in [0, 0.1) is 24.5 Å². The smallest absolute Gasteiger partial charge is 0.281 e. The number of sulfonamides is 1. The number of aromatic nitrogens is 2. The van der Waals surface area contributed by atoms with Crippen LogP contribution in [0.4, 0.5) is 8.78 Å². The molecule has 0 aliphatic carbocycles. The number of carbonyl (C=O) groups excluding carboxylic acids is 1. The Hall–Kier alpha value is -4.38. The summed E-state index contributed by atoms with van der Waals surface area (Å²) < 4.78 is 67.4. The summed E-state index contributed by atoms with van der Waals surface area (Å²) in [6.07, 6.45) is -0.711. The quantitative estimate of drug-likeness (QED) is 0.244. The topological polar surface area (TPSA) is 107 Å². The Balaban J connectivity index is 1.72. The summed E-state index contributed by atoms with van der Waals surface area (Å²) in [4.78, 5) is 21.7. The van der Waals surface area contributed by atoms with Crippen LogP contribution in [0.1, 0.15) is 48.5 Å². The highest BCUT2D eigenvalue weighted by Gasteiger charge is 2.25. The molecule has 214 valence electrons. The molecule has 1 N–H and O–H groups in total. The largest absolute Gasteiger partial charge is 0.493 e. The number of rotatable bonds is 10. The van der Waals surface area contributed by atoms with E-state index in [-0.39, 0.29) is 28.1 Å².